The van der Waals surface area contributed by atoms with Crippen LogP contribution in [-0.4, -0.2) is 135 Å². The standard InChI is InChI=1S/C45H56N10O5/c56-41(12-7-33-5-3-18-46-29-33)47-19-2-1-4-32-14-20-54(21-15-32)45(60)38-9-11-40(50-49-38)53-22-16-36(17-23-53)52-26-24-51(25-27-52)30-34-6-8-37-35(28-34)31-55(44(37)59)39-10-13-42(57)48-43(39)58/h3,5-9,11-12,18,28-29,32,36,39H,1-2,4,10,13-17,19-27,30-31H2,(H,47,56)(H,48,57,58)/b12-7+. The molecule has 0 spiro atoms. The molecule has 316 valence electrons. The van der Waals surface area contributed by atoms with Gasteiger partial charge in [-0.2, -0.15) is 0 Å². The quantitative estimate of drug-likeness (QED) is 0.148. The molecule has 4 fully saturated rings. The van der Waals surface area contributed by atoms with Gasteiger partial charge in [-0.05, 0) is 91.5 Å². The van der Waals surface area contributed by atoms with Crippen LogP contribution in [-0.2, 0) is 27.5 Å². The highest BCUT2D eigenvalue weighted by atomic mass is 16.2. The van der Waals surface area contributed by atoms with Crippen LogP contribution in [0.2, 0.25) is 0 Å². The molecule has 60 heavy (non-hydrogen) atoms. The van der Waals surface area contributed by atoms with Crippen LogP contribution < -0.4 is 15.5 Å². The van der Waals surface area contributed by atoms with Gasteiger partial charge in [0.05, 0.1) is 0 Å². The lowest BCUT2D eigenvalue weighted by molar-refractivity contribution is -0.137. The molecule has 0 radical (unpaired) electrons. The summed E-state index contributed by atoms with van der Waals surface area (Å²) >= 11 is 0. The molecule has 1 unspecified atom stereocenters. The first-order chi connectivity index (χ1) is 29.3. The molecule has 5 amide bonds. The van der Waals surface area contributed by atoms with Gasteiger partial charge in [0.2, 0.25) is 17.7 Å². The lowest BCUT2D eigenvalue weighted by Crippen LogP contribution is -2.53. The fourth-order valence-corrected chi connectivity index (χ4v) is 9.40. The van der Waals surface area contributed by atoms with Gasteiger partial charge >= 0.3 is 0 Å². The molecule has 3 aromatic rings. The van der Waals surface area contributed by atoms with Crippen LogP contribution in [0.1, 0.15) is 95.3 Å². The van der Waals surface area contributed by atoms with Crippen LogP contribution in [0.4, 0.5) is 5.82 Å². The predicted octanol–water partition coefficient (Wildman–Crippen LogP) is 3.27. The van der Waals surface area contributed by atoms with Crippen LogP contribution in [0.25, 0.3) is 6.08 Å². The van der Waals surface area contributed by atoms with E-state index in [0.717, 1.165) is 121 Å². The summed E-state index contributed by atoms with van der Waals surface area (Å²) in [4.78, 5) is 77.5. The SMILES string of the molecule is O=C(/C=C/c1cccnc1)NCCCCC1CCN(C(=O)c2ccc(N3CCC(N4CCN(Cc5ccc6c(c5)CN(C5CCC(=O)NC5=O)C6=O)CC4)CC3)nn2)CC1. The molecule has 5 aliphatic rings. The van der Waals surface area contributed by atoms with Gasteiger partial charge in [0, 0.05) is 108 Å². The molecule has 15 heteroatoms. The van der Waals surface area contributed by atoms with Crippen molar-refractivity contribution < 1.29 is 24.0 Å². The average Bonchev–Trinajstić information content (AvgIpc) is 3.60. The van der Waals surface area contributed by atoms with Crippen molar-refractivity contribution in [3.63, 3.8) is 0 Å². The number of carbonyl (C=O) groups excluding carboxylic acids is 5. The van der Waals surface area contributed by atoms with Crippen molar-refractivity contribution in [1.82, 2.24) is 45.4 Å². The number of aromatic nitrogens is 3. The number of carbonyl (C=O) groups is 5. The van der Waals surface area contributed by atoms with Gasteiger partial charge in [-0.25, -0.2) is 0 Å². The van der Waals surface area contributed by atoms with Gasteiger partial charge in [0.15, 0.2) is 11.5 Å². The number of unbranched alkanes of at least 4 members (excludes halogenated alkanes) is 1. The zero-order valence-corrected chi connectivity index (χ0v) is 34.3. The summed E-state index contributed by atoms with van der Waals surface area (Å²) in [6.45, 7) is 9.11. The minimum Gasteiger partial charge on any atom is -0.355 e. The highest BCUT2D eigenvalue weighted by Gasteiger charge is 2.39. The number of benzene rings is 1. The Morgan fingerprint density at radius 2 is 1.68 bits per heavy atom. The van der Waals surface area contributed by atoms with Crippen LogP contribution >= 0.6 is 0 Å². The second-order valence-electron chi connectivity index (χ2n) is 16.8. The fraction of sp³-hybridized carbons (Fsp3) is 0.511. The Labute approximate surface area is 351 Å². The number of pyridine rings is 1. The van der Waals surface area contributed by atoms with Crippen LogP contribution in [0.15, 0.2) is 60.9 Å². The minimum atomic E-state index is -0.597. The van der Waals surface area contributed by atoms with Crippen molar-refractivity contribution in [2.75, 3.05) is 63.8 Å². The highest BCUT2D eigenvalue weighted by molar-refractivity contribution is 6.05. The van der Waals surface area contributed by atoms with E-state index in [4.69, 9.17) is 0 Å². The average molecular weight is 817 g/mol. The third-order valence-corrected chi connectivity index (χ3v) is 12.9. The molecule has 4 saturated heterocycles. The number of imide groups is 1. The number of piperidine rings is 3. The molecule has 0 aliphatic carbocycles. The van der Waals surface area contributed by atoms with E-state index in [2.05, 4.69) is 46.6 Å². The van der Waals surface area contributed by atoms with E-state index in [9.17, 15) is 24.0 Å². The van der Waals surface area contributed by atoms with E-state index in [1.807, 2.05) is 41.3 Å². The monoisotopic (exact) mass is 816 g/mol. The van der Waals surface area contributed by atoms with E-state index in [0.29, 0.717) is 42.7 Å². The lowest BCUT2D eigenvalue weighted by Gasteiger charge is -2.43. The number of amides is 5. The zero-order chi connectivity index (χ0) is 41.4. The van der Waals surface area contributed by atoms with Gasteiger partial charge in [0.1, 0.15) is 6.04 Å². The molecule has 7 heterocycles. The van der Waals surface area contributed by atoms with Crippen molar-refractivity contribution in [2.45, 2.75) is 83.0 Å². The maximum Gasteiger partial charge on any atom is 0.274 e. The van der Waals surface area contributed by atoms with E-state index in [1.165, 1.54) is 5.56 Å². The predicted molar refractivity (Wildman–Crippen MR) is 225 cm³/mol. The summed E-state index contributed by atoms with van der Waals surface area (Å²) in [6.07, 6.45) is 14.5. The van der Waals surface area contributed by atoms with E-state index in [1.54, 1.807) is 29.4 Å². The molecule has 0 saturated carbocycles. The van der Waals surface area contributed by atoms with Crippen molar-refractivity contribution >= 4 is 41.4 Å². The Bertz CT molecular complexity index is 2040. The van der Waals surface area contributed by atoms with Gasteiger partial charge in [0.25, 0.3) is 11.8 Å². The number of likely N-dealkylation sites (tertiary alicyclic amines) is 1. The molecule has 2 N–H and O–H groups in total. The molecule has 5 aliphatic heterocycles. The number of rotatable bonds is 13. The lowest BCUT2D eigenvalue weighted by atomic mass is 9.91. The smallest absolute Gasteiger partial charge is 0.274 e. The summed E-state index contributed by atoms with van der Waals surface area (Å²) in [6, 6.07) is 13.5. The number of nitrogens with zero attached hydrogens (tertiary/aromatic N) is 8. The molecule has 2 aromatic heterocycles. The summed E-state index contributed by atoms with van der Waals surface area (Å²) in [5.74, 6) is 0.474. The van der Waals surface area contributed by atoms with Crippen molar-refractivity contribution in [2.24, 2.45) is 5.92 Å². The normalized spacial score (nSPS) is 21.1. The van der Waals surface area contributed by atoms with Crippen molar-refractivity contribution in [1.29, 1.82) is 0 Å². The molecular weight excluding hydrogens is 761 g/mol. The number of nitrogens with one attached hydrogen (secondary N) is 2. The first-order valence-corrected chi connectivity index (χ1v) is 21.7. The Balaban J connectivity index is 0.706. The van der Waals surface area contributed by atoms with Crippen LogP contribution in [0.5, 0.6) is 0 Å². The Hall–Kier alpha value is -5.54. The molecule has 1 atom stereocenters. The van der Waals surface area contributed by atoms with E-state index < -0.39 is 6.04 Å². The second-order valence-corrected chi connectivity index (χ2v) is 16.8. The Morgan fingerprint density at radius 3 is 2.42 bits per heavy atom. The second kappa shape index (κ2) is 19.2. The van der Waals surface area contributed by atoms with Crippen LogP contribution in [0.3, 0.4) is 0 Å². The first kappa shape index (κ1) is 41.2. The number of hydrogen-bond acceptors (Lipinski definition) is 11. The van der Waals surface area contributed by atoms with Gasteiger partial charge in [-0.1, -0.05) is 31.0 Å². The van der Waals surface area contributed by atoms with Gasteiger partial charge in [-0.15, -0.1) is 10.2 Å². The third kappa shape index (κ3) is 10.1. The molecule has 0 bridgehead atoms. The first-order valence-electron chi connectivity index (χ1n) is 21.7. The van der Waals surface area contributed by atoms with Crippen LogP contribution in [0, 0.1) is 5.92 Å². The maximum absolute atomic E-state index is 13.3. The number of fused-ring (bicyclic) bond motifs is 1. The Morgan fingerprint density at radius 1 is 0.867 bits per heavy atom. The molecule has 1 aromatic carbocycles. The largest absolute Gasteiger partial charge is 0.355 e. The number of anilines is 1. The van der Waals surface area contributed by atoms with Crippen molar-refractivity contribution in [3.05, 3.63) is 88.9 Å². The summed E-state index contributed by atoms with van der Waals surface area (Å²) < 4.78 is 0. The fourth-order valence-electron chi connectivity index (χ4n) is 9.40. The van der Waals surface area contributed by atoms with E-state index >= 15 is 0 Å². The van der Waals surface area contributed by atoms with Gasteiger partial charge < -0.3 is 20.0 Å². The maximum atomic E-state index is 13.3. The summed E-state index contributed by atoms with van der Waals surface area (Å²) in [5, 5.41) is 14.2. The van der Waals surface area contributed by atoms with Crippen molar-refractivity contribution in [3.8, 4) is 0 Å². The number of hydrogen-bond donors (Lipinski definition) is 2. The topological polar surface area (TPSA) is 164 Å². The zero-order valence-electron chi connectivity index (χ0n) is 34.3. The van der Waals surface area contributed by atoms with Gasteiger partial charge in [-0.3, -0.25) is 44.1 Å². The number of piperazine rings is 1. The third-order valence-electron chi connectivity index (χ3n) is 12.9. The van der Waals surface area contributed by atoms with E-state index in [-0.39, 0.29) is 36.0 Å². The molecule has 15 nitrogen and oxygen atoms in total. The Kier molecular flexibility index (Phi) is 13.2. The molecule has 8 rings (SSSR count). The molecular formula is C45H56N10O5. The summed E-state index contributed by atoms with van der Waals surface area (Å²) in [5.41, 5.74) is 4.07. The summed E-state index contributed by atoms with van der Waals surface area (Å²) in [7, 11) is 0. The minimum absolute atomic E-state index is 0.0462. The highest BCUT2D eigenvalue weighted by Crippen LogP contribution is 2.30.